The summed E-state index contributed by atoms with van der Waals surface area (Å²) in [6.07, 6.45) is 4.05. The molecule has 1 aromatic carbocycles. The molecule has 1 fully saturated rings. The second kappa shape index (κ2) is 7.41. The minimum atomic E-state index is 0. The molecule has 2 N–H and O–H groups in total. The Morgan fingerprint density at radius 2 is 1.71 bits per heavy atom. The van der Waals surface area contributed by atoms with E-state index in [1.165, 1.54) is 32.4 Å². The van der Waals surface area contributed by atoms with Gasteiger partial charge in [-0.15, -0.1) is 12.4 Å². The smallest absolute Gasteiger partial charge is 0.119 e. The summed E-state index contributed by atoms with van der Waals surface area (Å²) >= 11 is 0. The van der Waals surface area contributed by atoms with Gasteiger partial charge in [-0.3, -0.25) is 4.90 Å². The number of piperidine rings is 1. The summed E-state index contributed by atoms with van der Waals surface area (Å²) in [4.78, 5) is 2.47. The Hall–Kier alpha value is -0.930. The van der Waals surface area contributed by atoms with Crippen molar-refractivity contribution in [3.8, 4) is 5.75 Å². The standard InChI is InChI=1S/C13H20N2O.ClH/c14-12-4-6-13(7-5-12)16-11-10-15-8-2-1-3-9-15;/h4-7H,1-3,8-11,14H2;1H. The Bertz CT molecular complexity index is 310. The van der Waals surface area contributed by atoms with Crippen LogP contribution in [0, 0.1) is 0 Å². The molecule has 4 heteroatoms. The molecule has 0 amide bonds. The van der Waals surface area contributed by atoms with E-state index >= 15 is 0 Å². The molecular formula is C13H21ClN2O. The summed E-state index contributed by atoms with van der Waals surface area (Å²) in [5, 5.41) is 0. The highest BCUT2D eigenvalue weighted by Gasteiger charge is 2.09. The largest absolute Gasteiger partial charge is 0.492 e. The van der Waals surface area contributed by atoms with E-state index in [9.17, 15) is 0 Å². The lowest BCUT2D eigenvalue weighted by atomic mass is 10.1. The molecule has 1 aliphatic heterocycles. The van der Waals surface area contributed by atoms with Gasteiger partial charge in [0.15, 0.2) is 0 Å². The lowest BCUT2D eigenvalue weighted by Crippen LogP contribution is -2.33. The number of rotatable bonds is 4. The van der Waals surface area contributed by atoms with Gasteiger partial charge in [-0.25, -0.2) is 0 Å². The topological polar surface area (TPSA) is 38.5 Å². The van der Waals surface area contributed by atoms with E-state index in [1.807, 2.05) is 24.3 Å². The molecule has 1 heterocycles. The van der Waals surface area contributed by atoms with Gasteiger partial charge in [0, 0.05) is 12.2 Å². The third kappa shape index (κ3) is 4.84. The van der Waals surface area contributed by atoms with Gasteiger partial charge in [0.2, 0.25) is 0 Å². The zero-order valence-corrected chi connectivity index (χ0v) is 10.9. The summed E-state index contributed by atoms with van der Waals surface area (Å²) in [5.74, 6) is 0.909. The van der Waals surface area contributed by atoms with Crippen LogP contribution in [0.15, 0.2) is 24.3 Å². The monoisotopic (exact) mass is 256 g/mol. The molecular weight excluding hydrogens is 236 g/mol. The summed E-state index contributed by atoms with van der Waals surface area (Å²) in [7, 11) is 0. The average molecular weight is 257 g/mol. The van der Waals surface area contributed by atoms with Crippen LogP contribution in [0.2, 0.25) is 0 Å². The zero-order valence-electron chi connectivity index (χ0n) is 10.1. The minimum Gasteiger partial charge on any atom is -0.492 e. The highest BCUT2D eigenvalue weighted by molar-refractivity contribution is 5.85. The molecule has 1 aliphatic rings. The number of hydrogen-bond donors (Lipinski definition) is 1. The van der Waals surface area contributed by atoms with E-state index in [0.717, 1.165) is 24.6 Å². The fourth-order valence-corrected chi connectivity index (χ4v) is 2.04. The van der Waals surface area contributed by atoms with Crippen LogP contribution in [-0.4, -0.2) is 31.1 Å². The highest BCUT2D eigenvalue weighted by Crippen LogP contribution is 2.13. The normalized spacial score (nSPS) is 16.2. The van der Waals surface area contributed by atoms with Crippen molar-refractivity contribution in [2.75, 3.05) is 32.0 Å². The minimum absolute atomic E-state index is 0. The first-order valence-electron chi connectivity index (χ1n) is 6.05. The summed E-state index contributed by atoms with van der Waals surface area (Å²) < 4.78 is 5.67. The molecule has 0 aliphatic carbocycles. The van der Waals surface area contributed by atoms with Crippen LogP contribution < -0.4 is 10.5 Å². The van der Waals surface area contributed by atoms with Crippen LogP contribution in [0.3, 0.4) is 0 Å². The molecule has 0 radical (unpaired) electrons. The number of nitrogens with two attached hydrogens (primary N) is 1. The lowest BCUT2D eigenvalue weighted by molar-refractivity contribution is 0.183. The highest BCUT2D eigenvalue weighted by atomic mass is 35.5. The first-order chi connectivity index (χ1) is 7.84. The van der Waals surface area contributed by atoms with Crippen molar-refractivity contribution in [1.82, 2.24) is 4.90 Å². The van der Waals surface area contributed by atoms with Crippen LogP contribution in [0.25, 0.3) is 0 Å². The van der Waals surface area contributed by atoms with Crippen LogP contribution in [0.5, 0.6) is 5.75 Å². The van der Waals surface area contributed by atoms with Gasteiger partial charge in [-0.1, -0.05) is 6.42 Å². The maximum absolute atomic E-state index is 5.67. The van der Waals surface area contributed by atoms with Crippen molar-refractivity contribution < 1.29 is 4.74 Å². The quantitative estimate of drug-likeness (QED) is 0.842. The number of benzene rings is 1. The fourth-order valence-electron chi connectivity index (χ4n) is 2.04. The van der Waals surface area contributed by atoms with Gasteiger partial charge in [-0.2, -0.15) is 0 Å². The number of anilines is 1. The number of hydrogen-bond acceptors (Lipinski definition) is 3. The Morgan fingerprint density at radius 3 is 2.35 bits per heavy atom. The van der Waals surface area contributed by atoms with Crippen LogP contribution >= 0.6 is 12.4 Å². The first-order valence-corrected chi connectivity index (χ1v) is 6.05. The third-order valence-electron chi connectivity index (χ3n) is 3.01. The predicted octanol–water partition coefficient (Wildman–Crippen LogP) is 2.56. The molecule has 0 atom stereocenters. The van der Waals surface area contributed by atoms with Crippen LogP contribution in [0.1, 0.15) is 19.3 Å². The first kappa shape index (κ1) is 14.1. The molecule has 0 aromatic heterocycles. The van der Waals surface area contributed by atoms with Crippen molar-refractivity contribution >= 4 is 18.1 Å². The van der Waals surface area contributed by atoms with E-state index in [0.29, 0.717) is 0 Å². The van der Waals surface area contributed by atoms with Crippen molar-refractivity contribution in [2.24, 2.45) is 0 Å². The van der Waals surface area contributed by atoms with E-state index in [-0.39, 0.29) is 12.4 Å². The second-order valence-corrected chi connectivity index (χ2v) is 4.32. The Labute approximate surface area is 109 Å². The number of likely N-dealkylation sites (tertiary alicyclic amines) is 1. The van der Waals surface area contributed by atoms with Crippen LogP contribution in [-0.2, 0) is 0 Å². The zero-order chi connectivity index (χ0) is 11.2. The molecule has 96 valence electrons. The maximum Gasteiger partial charge on any atom is 0.119 e. The van der Waals surface area contributed by atoms with Crippen LogP contribution in [0.4, 0.5) is 5.69 Å². The maximum atomic E-state index is 5.67. The van der Waals surface area contributed by atoms with Gasteiger partial charge in [0.1, 0.15) is 12.4 Å². The molecule has 1 saturated heterocycles. The van der Waals surface area contributed by atoms with Gasteiger partial charge >= 0.3 is 0 Å². The van der Waals surface area contributed by atoms with E-state index in [4.69, 9.17) is 10.5 Å². The second-order valence-electron chi connectivity index (χ2n) is 4.32. The summed E-state index contributed by atoms with van der Waals surface area (Å²) in [5.41, 5.74) is 6.39. The Kier molecular flexibility index (Phi) is 6.16. The van der Waals surface area contributed by atoms with Crippen molar-refractivity contribution in [3.05, 3.63) is 24.3 Å². The van der Waals surface area contributed by atoms with Gasteiger partial charge in [0.05, 0.1) is 0 Å². The van der Waals surface area contributed by atoms with Crippen molar-refractivity contribution in [3.63, 3.8) is 0 Å². The van der Waals surface area contributed by atoms with Crippen molar-refractivity contribution in [2.45, 2.75) is 19.3 Å². The fraction of sp³-hybridized carbons (Fsp3) is 0.538. The van der Waals surface area contributed by atoms with E-state index in [2.05, 4.69) is 4.90 Å². The molecule has 0 bridgehead atoms. The summed E-state index contributed by atoms with van der Waals surface area (Å²) in [6.45, 7) is 4.25. The van der Waals surface area contributed by atoms with Crippen molar-refractivity contribution in [1.29, 1.82) is 0 Å². The van der Waals surface area contributed by atoms with E-state index < -0.39 is 0 Å². The van der Waals surface area contributed by atoms with Gasteiger partial charge < -0.3 is 10.5 Å². The molecule has 1 aromatic rings. The number of ether oxygens (including phenoxy) is 1. The predicted molar refractivity (Wildman–Crippen MR) is 73.9 cm³/mol. The SMILES string of the molecule is Cl.Nc1ccc(OCCN2CCCCC2)cc1. The number of nitrogens with zero attached hydrogens (tertiary/aromatic N) is 1. The van der Waals surface area contributed by atoms with Gasteiger partial charge in [0.25, 0.3) is 0 Å². The molecule has 0 saturated carbocycles. The van der Waals surface area contributed by atoms with Gasteiger partial charge in [-0.05, 0) is 50.2 Å². The molecule has 0 unspecified atom stereocenters. The Balaban J connectivity index is 0.00000144. The summed E-state index contributed by atoms with van der Waals surface area (Å²) in [6, 6.07) is 7.59. The lowest BCUT2D eigenvalue weighted by Gasteiger charge is -2.26. The average Bonchev–Trinajstić information content (AvgIpc) is 2.33. The third-order valence-corrected chi connectivity index (χ3v) is 3.01. The molecule has 0 spiro atoms. The number of halogens is 1. The molecule has 3 nitrogen and oxygen atoms in total. The number of nitrogen functional groups attached to an aromatic ring is 1. The van der Waals surface area contributed by atoms with E-state index in [1.54, 1.807) is 0 Å². The Morgan fingerprint density at radius 1 is 1.06 bits per heavy atom. The molecule has 2 rings (SSSR count). The molecule has 17 heavy (non-hydrogen) atoms.